The van der Waals surface area contributed by atoms with Gasteiger partial charge in [-0.2, -0.15) is 4.31 Å². The molecule has 3 aliphatic heterocycles. The molecule has 0 radical (unpaired) electrons. The summed E-state index contributed by atoms with van der Waals surface area (Å²) in [5.41, 5.74) is 0.699. The van der Waals surface area contributed by atoms with Crippen molar-refractivity contribution in [3.63, 3.8) is 0 Å². The number of aryl methyl sites for hydroxylation is 1. The lowest BCUT2D eigenvalue weighted by molar-refractivity contribution is 0.174. The predicted octanol–water partition coefficient (Wildman–Crippen LogP) is 0.392. The first kappa shape index (κ1) is 16.1. The fourth-order valence-electron chi connectivity index (χ4n) is 3.72. The number of hydrogen-bond donors (Lipinski definition) is 1. The first-order valence-corrected chi connectivity index (χ1v) is 9.85. The minimum atomic E-state index is -3.51. The molecule has 8 heteroatoms. The number of nitrogens with zero attached hydrogens (tertiary/aromatic N) is 2. The highest BCUT2D eigenvalue weighted by Gasteiger charge is 2.36. The van der Waals surface area contributed by atoms with Crippen LogP contribution in [0.25, 0.3) is 0 Å². The van der Waals surface area contributed by atoms with Crippen LogP contribution in [0.5, 0.6) is 11.5 Å². The average Bonchev–Trinajstić information content (AvgIpc) is 3.24. The van der Waals surface area contributed by atoms with E-state index < -0.39 is 10.0 Å². The lowest BCUT2D eigenvalue weighted by Gasteiger charge is -2.32. The molecule has 1 aromatic rings. The molecule has 2 saturated heterocycles. The molecule has 132 valence electrons. The third kappa shape index (κ3) is 2.77. The zero-order valence-electron chi connectivity index (χ0n) is 13.8. The molecule has 7 nitrogen and oxygen atoms in total. The van der Waals surface area contributed by atoms with Crippen molar-refractivity contribution in [3.05, 3.63) is 17.7 Å². The van der Waals surface area contributed by atoms with E-state index in [1.807, 2.05) is 0 Å². The number of nitrogens with one attached hydrogen (secondary N) is 1. The van der Waals surface area contributed by atoms with Crippen LogP contribution in [0, 0.1) is 6.92 Å². The monoisotopic (exact) mass is 353 g/mol. The highest BCUT2D eigenvalue weighted by molar-refractivity contribution is 7.89. The van der Waals surface area contributed by atoms with Gasteiger partial charge in [0, 0.05) is 51.4 Å². The van der Waals surface area contributed by atoms with Crippen molar-refractivity contribution in [2.75, 3.05) is 46.1 Å². The van der Waals surface area contributed by atoms with E-state index >= 15 is 0 Å². The highest BCUT2D eigenvalue weighted by atomic mass is 32.2. The van der Waals surface area contributed by atoms with Gasteiger partial charge >= 0.3 is 0 Å². The molecule has 3 aliphatic rings. The number of piperazine rings is 1. The smallest absolute Gasteiger partial charge is 0.243 e. The van der Waals surface area contributed by atoms with Crippen LogP contribution in [0.4, 0.5) is 0 Å². The second-order valence-electron chi connectivity index (χ2n) is 6.56. The normalized spacial score (nSPS) is 25.3. The topological polar surface area (TPSA) is 71.1 Å². The molecule has 0 bridgehead atoms. The molecule has 0 saturated carbocycles. The minimum absolute atomic E-state index is 0.146. The second-order valence-corrected chi connectivity index (χ2v) is 8.47. The number of benzene rings is 1. The molecule has 1 atom stereocenters. The summed E-state index contributed by atoms with van der Waals surface area (Å²) in [7, 11) is -3.51. The first-order valence-electron chi connectivity index (χ1n) is 8.41. The quantitative estimate of drug-likeness (QED) is 0.848. The molecule has 0 aliphatic carbocycles. The molecule has 4 rings (SSSR count). The SMILES string of the molecule is Cc1cc2c(cc1S(=O)(=O)N1CCC(N3CCNCC3)C1)OCO2. The Hall–Kier alpha value is -1.35. The zero-order chi connectivity index (χ0) is 16.7. The van der Waals surface area contributed by atoms with Gasteiger partial charge in [0.2, 0.25) is 16.8 Å². The summed E-state index contributed by atoms with van der Waals surface area (Å²) in [6.07, 6.45) is 0.892. The highest BCUT2D eigenvalue weighted by Crippen LogP contribution is 2.37. The Labute approximate surface area is 142 Å². The van der Waals surface area contributed by atoms with E-state index in [2.05, 4.69) is 10.2 Å². The van der Waals surface area contributed by atoms with Crippen LogP contribution in [0.3, 0.4) is 0 Å². The molecule has 1 N–H and O–H groups in total. The Kier molecular flexibility index (Phi) is 4.16. The van der Waals surface area contributed by atoms with E-state index in [9.17, 15) is 8.42 Å². The molecule has 2 fully saturated rings. The van der Waals surface area contributed by atoms with Crippen LogP contribution in [0.15, 0.2) is 17.0 Å². The summed E-state index contributed by atoms with van der Waals surface area (Å²) in [4.78, 5) is 2.73. The van der Waals surface area contributed by atoms with Crippen molar-refractivity contribution in [1.82, 2.24) is 14.5 Å². The van der Waals surface area contributed by atoms with Gasteiger partial charge < -0.3 is 14.8 Å². The molecular formula is C16H23N3O4S. The van der Waals surface area contributed by atoms with Gasteiger partial charge in [0.1, 0.15) is 0 Å². The maximum atomic E-state index is 13.1. The van der Waals surface area contributed by atoms with E-state index in [4.69, 9.17) is 9.47 Å². The number of sulfonamides is 1. The van der Waals surface area contributed by atoms with Crippen molar-refractivity contribution in [3.8, 4) is 11.5 Å². The van der Waals surface area contributed by atoms with Crippen LogP contribution < -0.4 is 14.8 Å². The Morgan fingerprint density at radius 1 is 1.12 bits per heavy atom. The molecule has 0 aromatic heterocycles. The van der Waals surface area contributed by atoms with Crippen LogP contribution in [-0.4, -0.2) is 69.7 Å². The fourth-order valence-corrected chi connectivity index (χ4v) is 5.43. The van der Waals surface area contributed by atoms with E-state index in [1.165, 1.54) is 0 Å². The van der Waals surface area contributed by atoms with Gasteiger partial charge in [0.25, 0.3) is 0 Å². The number of hydrogen-bond acceptors (Lipinski definition) is 6. The van der Waals surface area contributed by atoms with Crippen molar-refractivity contribution < 1.29 is 17.9 Å². The third-order valence-electron chi connectivity index (χ3n) is 5.08. The second kappa shape index (κ2) is 6.18. The molecule has 1 aromatic carbocycles. The lowest BCUT2D eigenvalue weighted by atomic mass is 10.2. The van der Waals surface area contributed by atoms with Crippen LogP contribution in [-0.2, 0) is 10.0 Å². The molecule has 0 spiro atoms. The van der Waals surface area contributed by atoms with Crippen LogP contribution >= 0.6 is 0 Å². The Balaban J connectivity index is 1.55. The van der Waals surface area contributed by atoms with E-state index in [0.717, 1.165) is 32.6 Å². The number of fused-ring (bicyclic) bond motifs is 1. The van der Waals surface area contributed by atoms with Gasteiger partial charge in [-0.3, -0.25) is 4.90 Å². The third-order valence-corrected chi connectivity index (χ3v) is 7.09. The Bertz CT molecular complexity index is 731. The van der Waals surface area contributed by atoms with Gasteiger partial charge in [0.05, 0.1) is 4.90 Å². The summed E-state index contributed by atoms with van der Waals surface area (Å²) in [6, 6.07) is 3.67. The largest absolute Gasteiger partial charge is 0.454 e. The summed E-state index contributed by atoms with van der Waals surface area (Å²) >= 11 is 0. The summed E-state index contributed by atoms with van der Waals surface area (Å²) < 4.78 is 38.5. The van der Waals surface area contributed by atoms with E-state index in [1.54, 1.807) is 23.4 Å². The number of ether oxygens (including phenoxy) is 2. The van der Waals surface area contributed by atoms with Gasteiger partial charge in [-0.25, -0.2) is 8.42 Å². The predicted molar refractivity (Wildman–Crippen MR) is 88.9 cm³/mol. The summed E-state index contributed by atoms with van der Waals surface area (Å²) in [5, 5.41) is 3.34. The Morgan fingerprint density at radius 3 is 2.58 bits per heavy atom. The van der Waals surface area contributed by atoms with Crippen LogP contribution in [0.1, 0.15) is 12.0 Å². The van der Waals surface area contributed by atoms with E-state index in [0.29, 0.717) is 41.1 Å². The number of rotatable bonds is 3. The van der Waals surface area contributed by atoms with Crippen molar-refractivity contribution in [2.24, 2.45) is 0 Å². The molecule has 3 heterocycles. The van der Waals surface area contributed by atoms with Gasteiger partial charge in [0.15, 0.2) is 11.5 Å². The molecule has 1 unspecified atom stereocenters. The van der Waals surface area contributed by atoms with Crippen LogP contribution in [0.2, 0.25) is 0 Å². The fraction of sp³-hybridized carbons (Fsp3) is 0.625. The molecule has 24 heavy (non-hydrogen) atoms. The first-order chi connectivity index (χ1) is 11.6. The summed E-state index contributed by atoms with van der Waals surface area (Å²) in [6.45, 7) is 7.02. The maximum Gasteiger partial charge on any atom is 0.243 e. The van der Waals surface area contributed by atoms with Crippen molar-refractivity contribution >= 4 is 10.0 Å². The van der Waals surface area contributed by atoms with Gasteiger partial charge in [-0.15, -0.1) is 0 Å². The molecular weight excluding hydrogens is 330 g/mol. The van der Waals surface area contributed by atoms with Gasteiger partial charge in [-0.1, -0.05) is 0 Å². The van der Waals surface area contributed by atoms with Crippen molar-refractivity contribution in [1.29, 1.82) is 0 Å². The average molecular weight is 353 g/mol. The standard InChI is InChI=1S/C16H23N3O4S/c1-12-8-14-15(23-11-22-14)9-16(12)24(20,21)19-5-2-13(10-19)18-6-3-17-4-7-18/h8-9,13,17H,2-7,10-11H2,1H3. The lowest BCUT2D eigenvalue weighted by Crippen LogP contribution is -2.49. The zero-order valence-corrected chi connectivity index (χ0v) is 14.6. The molecule has 0 amide bonds. The maximum absolute atomic E-state index is 13.1. The Morgan fingerprint density at radius 2 is 1.83 bits per heavy atom. The van der Waals surface area contributed by atoms with E-state index in [-0.39, 0.29) is 6.79 Å². The minimum Gasteiger partial charge on any atom is -0.454 e. The summed E-state index contributed by atoms with van der Waals surface area (Å²) in [5.74, 6) is 1.13. The van der Waals surface area contributed by atoms with Crippen molar-refractivity contribution in [2.45, 2.75) is 24.3 Å². The van der Waals surface area contributed by atoms with Gasteiger partial charge in [-0.05, 0) is 25.0 Å².